The molecule has 1 saturated heterocycles. The van der Waals surface area contributed by atoms with Crippen LogP contribution in [0.1, 0.15) is 38.3 Å². The fourth-order valence-corrected chi connectivity index (χ4v) is 4.12. The monoisotopic (exact) mass is 433 g/mol. The number of amides is 2. The van der Waals surface area contributed by atoms with Gasteiger partial charge in [0.25, 0.3) is 0 Å². The van der Waals surface area contributed by atoms with E-state index >= 15 is 0 Å². The van der Waals surface area contributed by atoms with Crippen LogP contribution in [0.2, 0.25) is 0 Å². The highest BCUT2D eigenvalue weighted by atomic mass is 16.5. The Morgan fingerprint density at radius 1 is 1.09 bits per heavy atom. The van der Waals surface area contributed by atoms with Gasteiger partial charge >= 0.3 is 6.03 Å². The van der Waals surface area contributed by atoms with Gasteiger partial charge in [-0.15, -0.1) is 0 Å². The Kier molecular flexibility index (Phi) is 6.44. The first-order valence-electron chi connectivity index (χ1n) is 11.2. The van der Waals surface area contributed by atoms with E-state index in [4.69, 9.17) is 4.74 Å². The summed E-state index contributed by atoms with van der Waals surface area (Å²) in [6, 6.07) is 13.8. The molecule has 2 aromatic carbocycles. The molecule has 1 aliphatic rings. The molecule has 0 spiro atoms. The Bertz CT molecular complexity index is 1070. The smallest absolute Gasteiger partial charge is 0.321 e. The number of ether oxygens (including phenoxy) is 1. The van der Waals surface area contributed by atoms with Crippen molar-refractivity contribution in [2.24, 2.45) is 0 Å². The quantitative estimate of drug-likeness (QED) is 0.620. The lowest BCUT2D eigenvalue weighted by molar-refractivity contribution is 0.194. The third kappa shape index (κ3) is 4.93. The fourth-order valence-electron chi connectivity index (χ4n) is 4.12. The van der Waals surface area contributed by atoms with Crippen LogP contribution in [-0.2, 0) is 0 Å². The number of anilines is 2. The summed E-state index contributed by atoms with van der Waals surface area (Å²) in [6.07, 6.45) is 3.55. The van der Waals surface area contributed by atoms with Gasteiger partial charge in [0.15, 0.2) is 0 Å². The number of benzene rings is 2. The van der Waals surface area contributed by atoms with Crippen molar-refractivity contribution in [3.05, 3.63) is 54.5 Å². The van der Waals surface area contributed by atoms with Crippen molar-refractivity contribution in [3.8, 4) is 5.75 Å². The molecule has 1 aromatic heterocycles. The van der Waals surface area contributed by atoms with E-state index in [1.165, 1.54) is 0 Å². The third-order valence-electron chi connectivity index (χ3n) is 5.81. The van der Waals surface area contributed by atoms with Crippen LogP contribution in [0.15, 0.2) is 48.8 Å². The van der Waals surface area contributed by atoms with Crippen LogP contribution in [0, 0.1) is 0 Å². The topological polar surface area (TPSA) is 70.6 Å². The number of likely N-dealkylation sites (tertiary alicyclic amines) is 1. The number of fused-ring (bicyclic) bond motifs is 1. The number of carbonyl (C=O) groups excluding carboxylic acids is 1. The number of carbonyl (C=O) groups is 1. The first-order chi connectivity index (χ1) is 15.4. The maximum Gasteiger partial charge on any atom is 0.321 e. The molecule has 0 bridgehead atoms. The van der Waals surface area contributed by atoms with Gasteiger partial charge in [-0.1, -0.05) is 0 Å². The average molecular weight is 434 g/mol. The predicted molar refractivity (Wildman–Crippen MR) is 129 cm³/mol. The Labute approximate surface area is 189 Å². The lowest BCUT2D eigenvalue weighted by atomic mass is 9.91. The molecule has 32 heavy (non-hydrogen) atoms. The molecular weight excluding hydrogens is 402 g/mol. The largest absolute Gasteiger partial charge is 0.491 e. The molecule has 7 nitrogen and oxygen atoms in total. The van der Waals surface area contributed by atoms with E-state index in [2.05, 4.69) is 38.4 Å². The summed E-state index contributed by atoms with van der Waals surface area (Å²) in [5.41, 5.74) is 3.94. The van der Waals surface area contributed by atoms with Gasteiger partial charge in [-0.25, -0.2) is 14.8 Å². The minimum atomic E-state index is -0.0656. The predicted octanol–water partition coefficient (Wildman–Crippen LogP) is 4.89. The molecule has 4 rings (SSSR count). The molecule has 1 N–H and O–H groups in total. The van der Waals surface area contributed by atoms with Crippen molar-refractivity contribution in [2.45, 2.75) is 38.7 Å². The Balaban J connectivity index is 1.38. The zero-order valence-electron chi connectivity index (χ0n) is 19.2. The van der Waals surface area contributed by atoms with Crippen LogP contribution >= 0.6 is 0 Å². The van der Waals surface area contributed by atoms with E-state index in [1.807, 2.05) is 57.1 Å². The van der Waals surface area contributed by atoms with Crippen LogP contribution in [0.3, 0.4) is 0 Å². The minimum Gasteiger partial charge on any atom is -0.491 e. The maximum atomic E-state index is 12.7. The van der Waals surface area contributed by atoms with Gasteiger partial charge in [0.05, 0.1) is 17.3 Å². The Morgan fingerprint density at radius 3 is 2.47 bits per heavy atom. The summed E-state index contributed by atoms with van der Waals surface area (Å²) in [6.45, 7) is 5.38. The second-order valence-corrected chi connectivity index (χ2v) is 8.74. The maximum absolute atomic E-state index is 12.7. The first-order valence-corrected chi connectivity index (χ1v) is 11.2. The van der Waals surface area contributed by atoms with Gasteiger partial charge in [-0.2, -0.15) is 0 Å². The van der Waals surface area contributed by atoms with Gasteiger partial charge in [-0.05, 0) is 69.2 Å². The number of nitrogens with zero attached hydrogens (tertiary/aromatic N) is 4. The second kappa shape index (κ2) is 9.42. The summed E-state index contributed by atoms with van der Waals surface area (Å²) in [5, 5.41) is 4.10. The second-order valence-electron chi connectivity index (χ2n) is 8.74. The molecule has 0 saturated carbocycles. The zero-order valence-corrected chi connectivity index (χ0v) is 19.2. The zero-order chi connectivity index (χ0) is 22.7. The van der Waals surface area contributed by atoms with Gasteiger partial charge in [-0.3, -0.25) is 0 Å². The van der Waals surface area contributed by atoms with Crippen LogP contribution in [0.25, 0.3) is 10.9 Å². The lowest BCUT2D eigenvalue weighted by Gasteiger charge is -2.32. The number of piperidine rings is 1. The number of nitrogens with one attached hydrogen (secondary N) is 1. The molecule has 1 aliphatic heterocycles. The molecular formula is C25H31N5O2. The average Bonchev–Trinajstić information content (AvgIpc) is 2.79. The van der Waals surface area contributed by atoms with Crippen molar-refractivity contribution in [1.29, 1.82) is 0 Å². The first kappa shape index (κ1) is 21.9. The normalized spacial score (nSPS) is 14.6. The number of urea groups is 1. The van der Waals surface area contributed by atoms with Crippen molar-refractivity contribution in [1.82, 2.24) is 14.9 Å². The van der Waals surface area contributed by atoms with Crippen molar-refractivity contribution < 1.29 is 9.53 Å². The minimum absolute atomic E-state index is 0.0656. The fraction of sp³-hybridized carbons (Fsp3) is 0.400. The van der Waals surface area contributed by atoms with Crippen molar-refractivity contribution in [2.75, 3.05) is 37.4 Å². The van der Waals surface area contributed by atoms with Crippen LogP contribution in [-0.4, -0.2) is 54.2 Å². The van der Waals surface area contributed by atoms with Gasteiger partial charge in [0.2, 0.25) is 0 Å². The van der Waals surface area contributed by atoms with Crippen LogP contribution in [0.5, 0.6) is 5.75 Å². The summed E-state index contributed by atoms with van der Waals surface area (Å²) >= 11 is 0. The summed E-state index contributed by atoms with van der Waals surface area (Å²) in [5.74, 6) is 1.12. The number of hydrogen-bond acceptors (Lipinski definition) is 5. The highest BCUT2D eigenvalue weighted by molar-refractivity contribution is 5.89. The molecule has 0 aliphatic carbocycles. The van der Waals surface area contributed by atoms with Crippen LogP contribution in [0.4, 0.5) is 16.2 Å². The molecule has 2 amide bonds. The van der Waals surface area contributed by atoms with Gasteiger partial charge in [0, 0.05) is 49.9 Å². The Morgan fingerprint density at radius 2 is 1.81 bits per heavy atom. The lowest BCUT2D eigenvalue weighted by Crippen LogP contribution is -2.40. The number of hydrogen-bond donors (Lipinski definition) is 1. The molecule has 1 fully saturated rings. The summed E-state index contributed by atoms with van der Waals surface area (Å²) in [7, 11) is 4.05. The highest BCUT2D eigenvalue weighted by Crippen LogP contribution is 2.32. The van der Waals surface area contributed by atoms with E-state index in [-0.39, 0.29) is 12.1 Å². The molecule has 2 heterocycles. The molecule has 7 heteroatoms. The highest BCUT2D eigenvalue weighted by Gasteiger charge is 2.26. The summed E-state index contributed by atoms with van der Waals surface area (Å²) in [4.78, 5) is 25.8. The van der Waals surface area contributed by atoms with Gasteiger partial charge in [0.1, 0.15) is 12.1 Å². The van der Waals surface area contributed by atoms with E-state index in [1.54, 1.807) is 6.33 Å². The molecule has 0 unspecified atom stereocenters. The van der Waals surface area contributed by atoms with Gasteiger partial charge < -0.3 is 19.9 Å². The third-order valence-corrected chi connectivity index (χ3v) is 5.81. The van der Waals surface area contributed by atoms with E-state index in [9.17, 15) is 4.79 Å². The standard InChI is InChI=1S/C25H31N5O2/c1-17(2)32-21-8-5-19(6-9-21)28-25(31)30-13-11-18(12-14-30)24-22-10-7-20(29(3)4)15-23(22)26-16-27-24/h5-10,15-18H,11-14H2,1-4H3,(H,28,31). The van der Waals surface area contributed by atoms with Crippen molar-refractivity contribution >= 4 is 28.3 Å². The molecule has 0 radical (unpaired) electrons. The van der Waals surface area contributed by atoms with E-state index in [0.29, 0.717) is 19.0 Å². The van der Waals surface area contributed by atoms with Crippen LogP contribution < -0.4 is 15.0 Å². The molecule has 168 valence electrons. The number of aromatic nitrogens is 2. The number of rotatable bonds is 5. The van der Waals surface area contributed by atoms with Crippen molar-refractivity contribution in [3.63, 3.8) is 0 Å². The van der Waals surface area contributed by atoms with E-state index < -0.39 is 0 Å². The van der Waals surface area contributed by atoms with E-state index in [0.717, 1.165) is 46.6 Å². The molecule has 3 aromatic rings. The molecule has 0 atom stereocenters. The Hall–Kier alpha value is -3.35. The SMILES string of the molecule is CC(C)Oc1ccc(NC(=O)N2CCC(c3ncnc4cc(N(C)C)ccc34)CC2)cc1. The summed E-state index contributed by atoms with van der Waals surface area (Å²) < 4.78 is 5.66.